The van der Waals surface area contributed by atoms with Gasteiger partial charge in [0.05, 0.1) is 5.92 Å². The maximum atomic E-state index is 10.3. The lowest BCUT2D eigenvalue weighted by molar-refractivity contribution is -0.141. The Labute approximate surface area is 54.9 Å². The highest BCUT2D eigenvalue weighted by Crippen LogP contribution is 2.05. The van der Waals surface area contributed by atoms with Crippen LogP contribution < -0.4 is 5.73 Å². The van der Waals surface area contributed by atoms with Crippen molar-refractivity contribution >= 4 is 5.97 Å². The average Bonchev–Trinajstić information content (AvgIpc) is 1.82. The van der Waals surface area contributed by atoms with Gasteiger partial charge in [-0.3, -0.25) is 4.79 Å². The molecule has 0 radical (unpaired) electrons. The van der Waals surface area contributed by atoms with Gasteiger partial charge in [-0.15, -0.1) is 0 Å². The first-order chi connectivity index (χ1) is 4.22. The van der Waals surface area contributed by atoms with Crippen molar-refractivity contribution in [3.63, 3.8) is 0 Å². The molecule has 0 aromatic heterocycles. The SMILES string of the molecule is CCC(CCN)C(=O)O. The predicted molar refractivity (Wildman–Crippen MR) is 35.1 cm³/mol. The first kappa shape index (κ1) is 8.43. The minimum atomic E-state index is -0.733. The summed E-state index contributed by atoms with van der Waals surface area (Å²) >= 11 is 0. The zero-order valence-electron chi connectivity index (χ0n) is 5.63. The molecular formula is C6H13NO2. The molecule has 0 heterocycles. The van der Waals surface area contributed by atoms with Crippen molar-refractivity contribution in [2.45, 2.75) is 19.8 Å². The highest BCUT2D eigenvalue weighted by molar-refractivity contribution is 5.69. The number of hydrogen-bond acceptors (Lipinski definition) is 2. The third-order valence-corrected chi connectivity index (χ3v) is 1.36. The minimum absolute atomic E-state index is 0.241. The predicted octanol–water partition coefficient (Wildman–Crippen LogP) is 0.446. The molecule has 0 aromatic rings. The van der Waals surface area contributed by atoms with Crippen LogP contribution in [0.25, 0.3) is 0 Å². The van der Waals surface area contributed by atoms with E-state index in [-0.39, 0.29) is 5.92 Å². The number of aliphatic carboxylic acids is 1. The van der Waals surface area contributed by atoms with Gasteiger partial charge in [-0.05, 0) is 19.4 Å². The molecule has 1 atom stereocenters. The van der Waals surface area contributed by atoms with E-state index >= 15 is 0 Å². The molecule has 0 saturated carbocycles. The van der Waals surface area contributed by atoms with Crippen molar-refractivity contribution in [3.8, 4) is 0 Å². The van der Waals surface area contributed by atoms with Crippen LogP contribution in [-0.2, 0) is 4.79 Å². The normalized spacial score (nSPS) is 13.1. The monoisotopic (exact) mass is 131 g/mol. The Balaban J connectivity index is 3.54. The van der Waals surface area contributed by atoms with E-state index in [9.17, 15) is 4.79 Å². The molecule has 0 aliphatic rings. The Kier molecular flexibility index (Phi) is 4.05. The fourth-order valence-corrected chi connectivity index (χ4v) is 0.703. The van der Waals surface area contributed by atoms with Crippen LogP contribution >= 0.6 is 0 Å². The minimum Gasteiger partial charge on any atom is -0.481 e. The summed E-state index contributed by atoms with van der Waals surface area (Å²) in [6.45, 7) is 2.32. The van der Waals surface area contributed by atoms with Crippen molar-refractivity contribution < 1.29 is 9.90 Å². The van der Waals surface area contributed by atoms with Crippen LogP contribution in [0.5, 0.6) is 0 Å². The average molecular weight is 131 g/mol. The molecule has 3 N–H and O–H groups in total. The lowest BCUT2D eigenvalue weighted by Crippen LogP contribution is -2.16. The highest BCUT2D eigenvalue weighted by Gasteiger charge is 2.12. The molecule has 0 aliphatic carbocycles. The molecule has 54 valence electrons. The number of carboxylic acids is 1. The van der Waals surface area contributed by atoms with Gasteiger partial charge in [-0.1, -0.05) is 6.92 Å². The number of hydrogen-bond donors (Lipinski definition) is 2. The Morgan fingerprint density at radius 3 is 2.44 bits per heavy atom. The molecule has 0 spiro atoms. The zero-order chi connectivity index (χ0) is 7.28. The molecule has 0 rings (SSSR count). The standard InChI is InChI=1S/C6H13NO2/c1-2-5(3-4-7)6(8)9/h5H,2-4,7H2,1H3,(H,8,9). The van der Waals surface area contributed by atoms with Crippen LogP contribution in [0.2, 0.25) is 0 Å². The molecule has 0 fully saturated rings. The Morgan fingerprint density at radius 2 is 2.33 bits per heavy atom. The smallest absolute Gasteiger partial charge is 0.306 e. The van der Waals surface area contributed by atoms with Gasteiger partial charge in [0.2, 0.25) is 0 Å². The third kappa shape index (κ3) is 3.08. The van der Waals surface area contributed by atoms with E-state index in [0.29, 0.717) is 19.4 Å². The fraction of sp³-hybridized carbons (Fsp3) is 0.833. The second-order valence-electron chi connectivity index (χ2n) is 2.02. The van der Waals surface area contributed by atoms with E-state index in [0.717, 1.165) is 0 Å². The molecule has 0 aromatic carbocycles. The Bertz CT molecular complexity index is 93.1. The summed E-state index contributed by atoms with van der Waals surface area (Å²) in [5.41, 5.74) is 5.18. The molecule has 0 saturated heterocycles. The zero-order valence-corrected chi connectivity index (χ0v) is 5.63. The second-order valence-corrected chi connectivity index (χ2v) is 2.02. The Morgan fingerprint density at radius 1 is 1.78 bits per heavy atom. The summed E-state index contributed by atoms with van der Waals surface area (Å²) in [6.07, 6.45) is 1.26. The molecule has 0 amide bonds. The summed E-state index contributed by atoms with van der Waals surface area (Å²) in [5, 5.41) is 8.45. The first-order valence-corrected chi connectivity index (χ1v) is 3.15. The van der Waals surface area contributed by atoms with Gasteiger partial charge in [0, 0.05) is 0 Å². The maximum absolute atomic E-state index is 10.3. The van der Waals surface area contributed by atoms with Crippen molar-refractivity contribution in [2.24, 2.45) is 11.7 Å². The van der Waals surface area contributed by atoms with Crippen LogP contribution in [-0.4, -0.2) is 17.6 Å². The van der Waals surface area contributed by atoms with Crippen LogP contribution in [0.4, 0.5) is 0 Å². The summed E-state index contributed by atoms with van der Waals surface area (Å²) in [5.74, 6) is -0.974. The van der Waals surface area contributed by atoms with Crippen molar-refractivity contribution in [2.75, 3.05) is 6.54 Å². The lowest BCUT2D eigenvalue weighted by Gasteiger charge is -2.05. The summed E-state index contributed by atoms with van der Waals surface area (Å²) < 4.78 is 0. The van der Waals surface area contributed by atoms with Crippen molar-refractivity contribution in [3.05, 3.63) is 0 Å². The van der Waals surface area contributed by atoms with Gasteiger partial charge >= 0.3 is 5.97 Å². The molecule has 1 unspecified atom stereocenters. The summed E-state index contributed by atoms with van der Waals surface area (Å²) in [7, 11) is 0. The highest BCUT2D eigenvalue weighted by atomic mass is 16.4. The fourth-order valence-electron chi connectivity index (χ4n) is 0.703. The largest absolute Gasteiger partial charge is 0.481 e. The second kappa shape index (κ2) is 4.32. The molecular weight excluding hydrogens is 118 g/mol. The van der Waals surface area contributed by atoms with Gasteiger partial charge in [0.1, 0.15) is 0 Å². The topological polar surface area (TPSA) is 63.3 Å². The van der Waals surface area contributed by atoms with Crippen LogP contribution in [0, 0.1) is 5.92 Å². The van der Waals surface area contributed by atoms with Crippen molar-refractivity contribution in [1.29, 1.82) is 0 Å². The number of nitrogens with two attached hydrogens (primary N) is 1. The maximum Gasteiger partial charge on any atom is 0.306 e. The van der Waals surface area contributed by atoms with Gasteiger partial charge < -0.3 is 10.8 Å². The van der Waals surface area contributed by atoms with Gasteiger partial charge in [-0.25, -0.2) is 0 Å². The summed E-state index contributed by atoms with van der Waals surface area (Å²) in [6, 6.07) is 0. The van der Waals surface area contributed by atoms with Gasteiger partial charge in [0.15, 0.2) is 0 Å². The van der Waals surface area contributed by atoms with Gasteiger partial charge in [-0.2, -0.15) is 0 Å². The third-order valence-electron chi connectivity index (χ3n) is 1.36. The van der Waals surface area contributed by atoms with Crippen LogP contribution in [0.15, 0.2) is 0 Å². The van der Waals surface area contributed by atoms with E-state index in [1.807, 2.05) is 6.92 Å². The molecule has 3 nitrogen and oxygen atoms in total. The molecule has 0 bridgehead atoms. The van der Waals surface area contributed by atoms with Crippen molar-refractivity contribution in [1.82, 2.24) is 0 Å². The van der Waals surface area contributed by atoms with E-state index in [1.54, 1.807) is 0 Å². The number of carbonyl (C=O) groups is 1. The van der Waals surface area contributed by atoms with Crippen LogP contribution in [0.3, 0.4) is 0 Å². The van der Waals surface area contributed by atoms with E-state index < -0.39 is 5.97 Å². The molecule has 3 heteroatoms. The summed E-state index contributed by atoms with van der Waals surface area (Å²) in [4.78, 5) is 10.3. The Hall–Kier alpha value is -0.570. The molecule has 0 aliphatic heterocycles. The van der Waals surface area contributed by atoms with E-state index in [4.69, 9.17) is 10.8 Å². The van der Waals surface area contributed by atoms with E-state index in [1.165, 1.54) is 0 Å². The van der Waals surface area contributed by atoms with Gasteiger partial charge in [0.25, 0.3) is 0 Å². The van der Waals surface area contributed by atoms with Crippen LogP contribution in [0.1, 0.15) is 19.8 Å². The quantitative estimate of drug-likeness (QED) is 0.582. The lowest BCUT2D eigenvalue weighted by atomic mass is 10.0. The number of carboxylic acid groups (broad SMARTS) is 1. The number of rotatable bonds is 4. The first-order valence-electron chi connectivity index (χ1n) is 3.15. The van der Waals surface area contributed by atoms with E-state index in [2.05, 4.69) is 0 Å². The molecule has 9 heavy (non-hydrogen) atoms.